The predicted molar refractivity (Wildman–Crippen MR) is 126 cm³/mol. The van der Waals surface area contributed by atoms with Crippen LogP contribution in [0.25, 0.3) is 17.0 Å². The first-order valence-corrected chi connectivity index (χ1v) is 11.2. The molecule has 4 heterocycles. The van der Waals surface area contributed by atoms with Gasteiger partial charge in [-0.3, -0.25) is 14.8 Å². The first kappa shape index (κ1) is 21.3. The van der Waals surface area contributed by atoms with Gasteiger partial charge in [-0.1, -0.05) is 29.8 Å². The van der Waals surface area contributed by atoms with Crippen LogP contribution < -0.4 is 5.32 Å². The van der Waals surface area contributed by atoms with Gasteiger partial charge in [0.25, 0.3) is 5.91 Å². The second kappa shape index (κ2) is 8.75. The van der Waals surface area contributed by atoms with Crippen LogP contribution in [-0.2, 0) is 13.1 Å². The maximum absolute atomic E-state index is 12.8. The Morgan fingerprint density at radius 1 is 1.12 bits per heavy atom. The number of rotatable bonds is 6. The Morgan fingerprint density at radius 3 is 2.76 bits per heavy atom. The van der Waals surface area contributed by atoms with E-state index in [9.17, 15) is 4.79 Å². The molecule has 10 nitrogen and oxygen atoms in total. The van der Waals surface area contributed by atoms with Gasteiger partial charge in [0.2, 0.25) is 5.95 Å². The van der Waals surface area contributed by atoms with Crippen molar-refractivity contribution in [1.82, 2.24) is 39.1 Å². The summed E-state index contributed by atoms with van der Waals surface area (Å²) in [7, 11) is 0. The molecule has 1 N–H and O–H groups in total. The Bertz CT molecular complexity index is 1470. The average Bonchev–Trinajstić information content (AvgIpc) is 3.53. The molecule has 12 heteroatoms. The molecule has 33 heavy (non-hydrogen) atoms. The van der Waals surface area contributed by atoms with Gasteiger partial charge in [-0.25, -0.2) is 19.2 Å². The number of carbonyl (C=O) groups is 1. The van der Waals surface area contributed by atoms with Crippen LogP contribution in [0.2, 0.25) is 5.02 Å². The van der Waals surface area contributed by atoms with E-state index in [1.807, 2.05) is 42.1 Å². The predicted octanol–water partition coefficient (Wildman–Crippen LogP) is 3.92. The Kier molecular flexibility index (Phi) is 5.65. The van der Waals surface area contributed by atoms with Gasteiger partial charge in [0.1, 0.15) is 12.0 Å². The van der Waals surface area contributed by atoms with Crippen LogP contribution in [0.4, 0.5) is 5.95 Å². The van der Waals surface area contributed by atoms with Crippen molar-refractivity contribution in [2.24, 2.45) is 0 Å². The van der Waals surface area contributed by atoms with Crippen molar-refractivity contribution in [3.05, 3.63) is 75.9 Å². The molecule has 0 aliphatic rings. The fraction of sp³-hybridized carbons (Fsp3) is 0.143. The smallest absolute Gasteiger partial charge is 0.278 e. The van der Waals surface area contributed by atoms with Gasteiger partial charge in [-0.05, 0) is 40.5 Å². The van der Waals surface area contributed by atoms with E-state index in [1.54, 1.807) is 27.5 Å². The Hall–Kier alpha value is -3.57. The molecule has 5 aromatic rings. The molecule has 1 aromatic carbocycles. The zero-order chi connectivity index (χ0) is 22.9. The number of fused-ring (bicyclic) bond motifs is 1. The van der Waals surface area contributed by atoms with E-state index >= 15 is 0 Å². The van der Waals surface area contributed by atoms with E-state index in [-0.39, 0.29) is 11.6 Å². The van der Waals surface area contributed by atoms with Gasteiger partial charge < -0.3 is 0 Å². The van der Waals surface area contributed by atoms with Crippen molar-refractivity contribution in [2.75, 3.05) is 5.32 Å². The van der Waals surface area contributed by atoms with Gasteiger partial charge in [0, 0.05) is 30.0 Å². The largest absolute Gasteiger partial charge is 0.288 e. The summed E-state index contributed by atoms with van der Waals surface area (Å²) < 4.78 is 5.83. The summed E-state index contributed by atoms with van der Waals surface area (Å²) in [6, 6.07) is 10.9. The molecule has 0 spiro atoms. The molecule has 1 amide bonds. The number of hydrogen-bond donors (Lipinski definition) is 1. The quantitative estimate of drug-likeness (QED) is 0.359. The number of aryl methyl sites for hydroxylation is 1. The highest BCUT2D eigenvalue weighted by atomic mass is 79.9. The van der Waals surface area contributed by atoms with Crippen LogP contribution in [0.3, 0.4) is 0 Å². The molecule has 0 fully saturated rings. The lowest BCUT2D eigenvalue weighted by Crippen LogP contribution is -2.14. The van der Waals surface area contributed by atoms with Gasteiger partial charge in [0.15, 0.2) is 11.3 Å². The number of carbonyl (C=O) groups excluding carboxylic acids is 1. The summed E-state index contributed by atoms with van der Waals surface area (Å²) >= 11 is 9.74. The lowest BCUT2D eigenvalue weighted by Gasteiger charge is -2.03. The van der Waals surface area contributed by atoms with Gasteiger partial charge in [0.05, 0.1) is 16.7 Å². The Morgan fingerprint density at radius 2 is 1.97 bits per heavy atom. The van der Waals surface area contributed by atoms with Crippen LogP contribution in [-0.4, -0.2) is 45.1 Å². The van der Waals surface area contributed by atoms with Crippen LogP contribution in [0.15, 0.2) is 59.6 Å². The number of anilines is 1. The SMILES string of the molecule is CCn1cc(Br)c(-c2ccnc3cc(C(=O)Nc4ncn(Cc5ccccc5Cl)n4)nn23)n1. The molecule has 0 radical (unpaired) electrons. The second-order valence-electron chi connectivity index (χ2n) is 7.12. The highest BCUT2D eigenvalue weighted by molar-refractivity contribution is 9.10. The van der Waals surface area contributed by atoms with Gasteiger partial charge in [-0.15, -0.1) is 5.10 Å². The summed E-state index contributed by atoms with van der Waals surface area (Å²) in [6.07, 6.45) is 5.08. The fourth-order valence-electron chi connectivity index (χ4n) is 3.31. The average molecular weight is 527 g/mol. The monoisotopic (exact) mass is 525 g/mol. The van der Waals surface area contributed by atoms with Crippen molar-refractivity contribution in [1.29, 1.82) is 0 Å². The summed E-state index contributed by atoms with van der Waals surface area (Å²) in [5.41, 5.74) is 3.02. The lowest BCUT2D eigenvalue weighted by molar-refractivity contribution is 0.102. The Balaban J connectivity index is 1.38. The van der Waals surface area contributed by atoms with E-state index in [0.717, 1.165) is 16.6 Å². The molecular weight excluding hydrogens is 510 g/mol. The summed E-state index contributed by atoms with van der Waals surface area (Å²) in [5.74, 6) is -0.276. The van der Waals surface area contributed by atoms with Crippen LogP contribution in [0.1, 0.15) is 23.0 Å². The van der Waals surface area contributed by atoms with E-state index in [2.05, 4.69) is 46.5 Å². The normalized spacial score (nSPS) is 11.2. The zero-order valence-electron chi connectivity index (χ0n) is 17.4. The van der Waals surface area contributed by atoms with Crippen molar-refractivity contribution < 1.29 is 4.79 Å². The maximum atomic E-state index is 12.8. The first-order chi connectivity index (χ1) is 16.0. The van der Waals surface area contributed by atoms with Crippen LogP contribution in [0, 0.1) is 0 Å². The summed E-state index contributed by atoms with van der Waals surface area (Å²) in [5, 5.41) is 16.6. The third-order valence-corrected chi connectivity index (χ3v) is 5.88. The minimum Gasteiger partial charge on any atom is -0.288 e. The highest BCUT2D eigenvalue weighted by Gasteiger charge is 2.18. The number of halogens is 2. The molecule has 0 atom stereocenters. The van der Waals surface area contributed by atoms with Crippen molar-refractivity contribution in [2.45, 2.75) is 20.0 Å². The number of amides is 1. The minimum absolute atomic E-state index is 0.168. The third-order valence-electron chi connectivity index (χ3n) is 4.93. The van der Waals surface area contributed by atoms with E-state index in [1.165, 1.54) is 6.33 Å². The molecule has 0 unspecified atom stereocenters. The number of aromatic nitrogens is 8. The molecule has 4 aromatic heterocycles. The lowest BCUT2D eigenvalue weighted by atomic mass is 10.2. The first-order valence-electron chi connectivity index (χ1n) is 10.0. The molecule has 0 bridgehead atoms. The fourth-order valence-corrected chi connectivity index (χ4v) is 4.03. The minimum atomic E-state index is -0.444. The second-order valence-corrected chi connectivity index (χ2v) is 8.38. The molecule has 5 rings (SSSR count). The van der Waals surface area contributed by atoms with E-state index in [4.69, 9.17) is 11.6 Å². The third kappa shape index (κ3) is 4.24. The van der Waals surface area contributed by atoms with Gasteiger partial charge >= 0.3 is 0 Å². The number of nitrogens with zero attached hydrogens (tertiary/aromatic N) is 8. The van der Waals surface area contributed by atoms with Crippen molar-refractivity contribution >= 4 is 45.0 Å². The number of nitrogens with one attached hydrogen (secondary N) is 1. The molecule has 166 valence electrons. The molecular formula is C21H17BrClN9O. The number of benzene rings is 1. The van der Waals surface area contributed by atoms with Gasteiger partial charge in [-0.2, -0.15) is 10.2 Å². The van der Waals surface area contributed by atoms with E-state index in [0.29, 0.717) is 28.6 Å². The molecule has 0 saturated heterocycles. The molecule has 0 saturated carbocycles. The molecule has 0 aliphatic heterocycles. The maximum Gasteiger partial charge on any atom is 0.278 e. The van der Waals surface area contributed by atoms with E-state index < -0.39 is 5.91 Å². The Labute approximate surface area is 201 Å². The number of hydrogen-bond acceptors (Lipinski definition) is 6. The van der Waals surface area contributed by atoms with Crippen molar-refractivity contribution in [3.8, 4) is 11.4 Å². The topological polar surface area (TPSA) is 108 Å². The standard InChI is InChI=1S/C21H17BrClN9O/c1-2-30-11-14(22)19(28-30)17-7-8-24-18-9-16(27-32(17)18)20(33)26-21-25-12-31(29-21)10-13-5-3-4-6-15(13)23/h3-9,11-12H,2,10H2,1H3,(H,26,29,33). The van der Waals surface area contributed by atoms with Crippen LogP contribution in [0.5, 0.6) is 0 Å². The summed E-state index contributed by atoms with van der Waals surface area (Å²) in [6.45, 7) is 3.17. The van der Waals surface area contributed by atoms with Crippen molar-refractivity contribution in [3.63, 3.8) is 0 Å². The highest BCUT2D eigenvalue weighted by Crippen LogP contribution is 2.27. The van der Waals surface area contributed by atoms with Crippen LogP contribution >= 0.6 is 27.5 Å². The summed E-state index contributed by atoms with van der Waals surface area (Å²) in [4.78, 5) is 21.3. The molecule has 0 aliphatic carbocycles. The zero-order valence-corrected chi connectivity index (χ0v) is 19.7.